The van der Waals surface area contributed by atoms with E-state index in [4.69, 9.17) is 11.4 Å². The number of aryl methyl sites for hydroxylation is 1. The fourth-order valence-electron chi connectivity index (χ4n) is 3.08. The van der Waals surface area contributed by atoms with Crippen molar-refractivity contribution in [2.24, 2.45) is 0 Å². The lowest BCUT2D eigenvalue weighted by atomic mass is 10.1. The Labute approximate surface area is 186 Å². The van der Waals surface area contributed by atoms with E-state index in [-0.39, 0.29) is 0 Å². The van der Waals surface area contributed by atoms with Gasteiger partial charge in [0.05, 0.1) is 27.6 Å². The molecule has 7 heteroatoms. The van der Waals surface area contributed by atoms with Crippen LogP contribution in [-0.4, -0.2) is 27.6 Å². The molecule has 0 bridgehead atoms. The van der Waals surface area contributed by atoms with Crippen molar-refractivity contribution in [3.8, 4) is 23.6 Å². The van der Waals surface area contributed by atoms with Crippen LogP contribution < -0.4 is 0 Å². The first-order valence-corrected chi connectivity index (χ1v) is 12.1. The van der Waals surface area contributed by atoms with Crippen LogP contribution >= 0.6 is 11.9 Å². The summed E-state index contributed by atoms with van der Waals surface area (Å²) >= 11 is 1.52. The van der Waals surface area contributed by atoms with Crippen LogP contribution in [0.15, 0.2) is 70.7 Å². The van der Waals surface area contributed by atoms with Crippen molar-refractivity contribution in [1.82, 2.24) is 13.9 Å². The monoisotopic (exact) mass is 447 g/mol. The Bertz CT molecular complexity index is 1400. The van der Waals surface area contributed by atoms with Gasteiger partial charge >= 0.3 is 0 Å². The van der Waals surface area contributed by atoms with E-state index in [1.54, 1.807) is 44.3 Å². The minimum Gasteiger partial charge on any atom is -0.268 e. The van der Waals surface area contributed by atoms with Gasteiger partial charge in [0.1, 0.15) is 5.52 Å². The predicted octanol–water partition coefficient (Wildman–Crippen LogP) is 5.13. The molecule has 2 aromatic heterocycles. The zero-order chi connectivity index (χ0) is 22.2. The van der Waals surface area contributed by atoms with E-state index in [0.29, 0.717) is 27.3 Å². The molecule has 0 unspecified atom stereocenters. The zero-order valence-electron chi connectivity index (χ0n) is 17.4. The maximum absolute atomic E-state index is 12.4. The van der Waals surface area contributed by atoms with E-state index < -0.39 is 15.1 Å². The number of sulfone groups is 1. The highest BCUT2D eigenvalue weighted by atomic mass is 32.2. The molecule has 0 saturated heterocycles. The molecule has 0 radical (unpaired) electrons. The highest BCUT2D eigenvalue weighted by molar-refractivity contribution is 7.98. The quantitative estimate of drug-likeness (QED) is 0.397. The normalized spacial score (nSPS) is 11.7. The highest BCUT2D eigenvalue weighted by Gasteiger charge is 2.19. The molecule has 2 heterocycles. The van der Waals surface area contributed by atoms with E-state index in [1.807, 2.05) is 17.1 Å². The summed E-state index contributed by atoms with van der Waals surface area (Å²) in [5.41, 5.74) is 4.58. The molecule has 4 aromatic rings. The SMILES string of the molecule is C#Cc1cn(Sc2ccc(C)cc2)c2ncc(-c3ccc(S(=O)(=O)C(C)C)cc3)nc12. The third-order valence-corrected chi connectivity index (χ3v) is 8.07. The van der Waals surface area contributed by atoms with Gasteiger partial charge in [0.25, 0.3) is 0 Å². The van der Waals surface area contributed by atoms with Crippen LogP contribution in [0.25, 0.3) is 22.4 Å². The second kappa shape index (κ2) is 8.22. The molecule has 0 saturated carbocycles. The van der Waals surface area contributed by atoms with Gasteiger partial charge < -0.3 is 0 Å². The van der Waals surface area contributed by atoms with Crippen molar-refractivity contribution in [3.63, 3.8) is 0 Å². The third kappa shape index (κ3) is 4.09. The van der Waals surface area contributed by atoms with Crippen LogP contribution in [0.4, 0.5) is 0 Å². The molecule has 0 spiro atoms. The second-order valence-corrected chi connectivity index (χ2v) is 11.0. The number of nitrogens with zero attached hydrogens (tertiary/aromatic N) is 3. The van der Waals surface area contributed by atoms with Gasteiger partial charge in [-0.05, 0) is 57.0 Å². The molecule has 5 nitrogen and oxygen atoms in total. The molecule has 0 N–H and O–H groups in total. The molecule has 0 aliphatic rings. The van der Waals surface area contributed by atoms with Gasteiger partial charge in [0, 0.05) is 16.7 Å². The highest BCUT2D eigenvalue weighted by Crippen LogP contribution is 2.29. The third-order valence-electron chi connectivity index (χ3n) is 4.94. The summed E-state index contributed by atoms with van der Waals surface area (Å²) < 4.78 is 26.6. The van der Waals surface area contributed by atoms with Crippen molar-refractivity contribution in [1.29, 1.82) is 0 Å². The van der Waals surface area contributed by atoms with E-state index in [9.17, 15) is 8.42 Å². The molecular weight excluding hydrogens is 426 g/mol. The Morgan fingerprint density at radius 3 is 2.35 bits per heavy atom. The van der Waals surface area contributed by atoms with Gasteiger partial charge in [-0.25, -0.2) is 18.4 Å². The van der Waals surface area contributed by atoms with Crippen LogP contribution in [0.1, 0.15) is 25.0 Å². The number of fused-ring (bicyclic) bond motifs is 1. The summed E-state index contributed by atoms with van der Waals surface area (Å²) in [4.78, 5) is 10.7. The van der Waals surface area contributed by atoms with E-state index >= 15 is 0 Å². The standard InChI is InChI=1S/C24H21N3O2S2/c1-5-18-15-27(30-20-10-6-17(4)7-11-20)24-23(18)26-22(14-25-24)19-8-12-21(13-9-19)31(28,29)16(2)3/h1,6-16H,2-4H3. The molecule has 4 rings (SSSR count). The Morgan fingerprint density at radius 2 is 1.74 bits per heavy atom. The fraction of sp³-hybridized carbons (Fsp3) is 0.167. The number of aromatic nitrogens is 3. The minimum absolute atomic E-state index is 0.297. The molecule has 31 heavy (non-hydrogen) atoms. The van der Waals surface area contributed by atoms with Gasteiger partial charge in [-0.1, -0.05) is 35.7 Å². The van der Waals surface area contributed by atoms with Gasteiger partial charge in [0.2, 0.25) is 0 Å². The van der Waals surface area contributed by atoms with Crippen molar-refractivity contribution in [2.75, 3.05) is 0 Å². The summed E-state index contributed by atoms with van der Waals surface area (Å²) in [6, 6.07) is 14.9. The lowest BCUT2D eigenvalue weighted by molar-refractivity contribution is 0.587. The lowest BCUT2D eigenvalue weighted by Crippen LogP contribution is -2.13. The van der Waals surface area contributed by atoms with Crippen LogP contribution in [0, 0.1) is 19.3 Å². The maximum atomic E-state index is 12.4. The summed E-state index contributed by atoms with van der Waals surface area (Å²) in [7, 11) is -3.32. The van der Waals surface area contributed by atoms with Gasteiger partial charge in [-0.3, -0.25) is 3.97 Å². The Morgan fingerprint density at radius 1 is 1.06 bits per heavy atom. The molecule has 0 aliphatic carbocycles. The van der Waals surface area contributed by atoms with E-state index in [1.165, 1.54) is 17.5 Å². The van der Waals surface area contributed by atoms with Gasteiger partial charge in [-0.2, -0.15) is 0 Å². The average Bonchev–Trinajstić information content (AvgIpc) is 3.12. The average molecular weight is 448 g/mol. The topological polar surface area (TPSA) is 64.8 Å². The summed E-state index contributed by atoms with van der Waals surface area (Å²) in [5, 5.41) is -0.474. The van der Waals surface area contributed by atoms with Crippen LogP contribution in [0.5, 0.6) is 0 Å². The minimum atomic E-state index is -3.32. The van der Waals surface area contributed by atoms with Crippen molar-refractivity contribution < 1.29 is 8.42 Å². The summed E-state index contributed by atoms with van der Waals surface area (Å²) in [6.07, 6.45) is 9.26. The molecule has 0 fully saturated rings. The number of terminal acetylenes is 1. The largest absolute Gasteiger partial charge is 0.268 e. The zero-order valence-corrected chi connectivity index (χ0v) is 19.0. The molecule has 156 valence electrons. The molecule has 0 atom stereocenters. The van der Waals surface area contributed by atoms with Crippen molar-refractivity contribution in [2.45, 2.75) is 35.8 Å². The number of hydrogen-bond acceptors (Lipinski definition) is 5. The first-order chi connectivity index (χ1) is 14.8. The van der Waals surface area contributed by atoms with E-state index in [0.717, 1.165) is 10.5 Å². The first kappa shape index (κ1) is 21.2. The van der Waals surface area contributed by atoms with Gasteiger partial charge in [-0.15, -0.1) is 6.42 Å². The summed E-state index contributed by atoms with van der Waals surface area (Å²) in [6.45, 7) is 5.39. The van der Waals surface area contributed by atoms with Crippen LogP contribution in [-0.2, 0) is 9.84 Å². The number of rotatable bonds is 5. The van der Waals surface area contributed by atoms with E-state index in [2.05, 4.69) is 35.2 Å². The first-order valence-electron chi connectivity index (χ1n) is 9.73. The predicted molar refractivity (Wildman–Crippen MR) is 126 cm³/mol. The molecular formula is C24H21N3O2S2. The number of benzene rings is 2. The molecule has 0 aliphatic heterocycles. The Balaban J connectivity index is 1.71. The molecule has 2 aromatic carbocycles. The summed E-state index contributed by atoms with van der Waals surface area (Å²) in [5.74, 6) is 2.69. The van der Waals surface area contributed by atoms with Crippen molar-refractivity contribution >= 4 is 32.9 Å². The Hall–Kier alpha value is -3.08. The Kier molecular flexibility index (Phi) is 5.61. The van der Waals surface area contributed by atoms with Crippen LogP contribution in [0.2, 0.25) is 0 Å². The second-order valence-electron chi connectivity index (χ2n) is 7.46. The maximum Gasteiger partial charge on any atom is 0.180 e. The number of hydrogen-bond donors (Lipinski definition) is 0. The van der Waals surface area contributed by atoms with Gasteiger partial charge in [0.15, 0.2) is 15.5 Å². The van der Waals surface area contributed by atoms with Crippen molar-refractivity contribution in [3.05, 3.63) is 72.1 Å². The van der Waals surface area contributed by atoms with Crippen LogP contribution in [0.3, 0.4) is 0 Å². The smallest absolute Gasteiger partial charge is 0.180 e. The lowest BCUT2D eigenvalue weighted by Gasteiger charge is -2.08. The molecule has 0 amide bonds. The fourth-order valence-corrected chi connectivity index (χ4v) is 5.00.